The molecule has 3 aromatic carbocycles. The number of sulfonamides is 1. The lowest BCUT2D eigenvalue weighted by Gasteiger charge is -2.32. The van der Waals surface area contributed by atoms with E-state index < -0.39 is 16.1 Å². The highest BCUT2D eigenvalue weighted by Crippen LogP contribution is 2.30. The molecule has 0 aliphatic heterocycles. The van der Waals surface area contributed by atoms with Crippen LogP contribution >= 0.6 is 11.6 Å². The molecule has 1 unspecified atom stereocenters. The SMILES string of the molecule is CCCNC(=O)C(Cc1ccccc1)N(Cc1ccc(Cl)cc1)C(=O)CCCN(c1ccccc1OCC)S(C)(=O)=O. The second-order valence-corrected chi connectivity index (χ2v) is 12.3. The number of nitrogens with zero attached hydrogens (tertiary/aromatic N) is 2. The van der Waals surface area contributed by atoms with Gasteiger partial charge in [0.1, 0.15) is 11.8 Å². The van der Waals surface area contributed by atoms with Crippen molar-refractivity contribution in [2.24, 2.45) is 0 Å². The normalized spacial score (nSPS) is 11.9. The van der Waals surface area contributed by atoms with Crippen LogP contribution in [-0.4, -0.2) is 57.1 Å². The summed E-state index contributed by atoms with van der Waals surface area (Å²) in [7, 11) is -3.66. The summed E-state index contributed by atoms with van der Waals surface area (Å²) in [5.41, 5.74) is 2.18. The highest BCUT2D eigenvalue weighted by molar-refractivity contribution is 7.92. The average molecular weight is 614 g/mol. The van der Waals surface area contributed by atoms with E-state index >= 15 is 0 Å². The topological polar surface area (TPSA) is 96.0 Å². The molecule has 3 aromatic rings. The third kappa shape index (κ3) is 9.77. The van der Waals surface area contributed by atoms with Crippen LogP contribution in [0.3, 0.4) is 0 Å². The fraction of sp³-hybridized carbons (Fsp3) is 0.375. The van der Waals surface area contributed by atoms with Gasteiger partial charge in [0.05, 0.1) is 18.6 Å². The van der Waals surface area contributed by atoms with Crippen LogP contribution in [0.15, 0.2) is 78.9 Å². The van der Waals surface area contributed by atoms with Crippen LogP contribution in [0.5, 0.6) is 5.75 Å². The lowest BCUT2D eigenvalue weighted by Crippen LogP contribution is -2.50. The molecular formula is C32H40ClN3O5S. The van der Waals surface area contributed by atoms with Crippen molar-refractivity contribution in [1.82, 2.24) is 10.2 Å². The molecule has 0 saturated carbocycles. The van der Waals surface area contributed by atoms with Gasteiger partial charge in [-0.15, -0.1) is 0 Å². The molecular weight excluding hydrogens is 574 g/mol. The number of hydrogen-bond acceptors (Lipinski definition) is 5. The molecule has 0 aliphatic carbocycles. The molecule has 42 heavy (non-hydrogen) atoms. The van der Waals surface area contributed by atoms with E-state index in [1.807, 2.05) is 56.3 Å². The number of nitrogens with one attached hydrogen (secondary N) is 1. The largest absolute Gasteiger partial charge is 0.492 e. The van der Waals surface area contributed by atoms with E-state index in [2.05, 4.69) is 5.32 Å². The Hall–Kier alpha value is -3.56. The molecule has 2 amide bonds. The Morgan fingerprint density at radius 3 is 2.24 bits per heavy atom. The number of hydrogen-bond donors (Lipinski definition) is 1. The first-order valence-electron chi connectivity index (χ1n) is 14.2. The Kier molecular flexibility index (Phi) is 12.7. The van der Waals surface area contributed by atoms with Gasteiger partial charge in [0, 0.05) is 37.5 Å². The first kappa shape index (κ1) is 32.9. The molecule has 10 heteroatoms. The summed E-state index contributed by atoms with van der Waals surface area (Å²) in [4.78, 5) is 29.0. The van der Waals surface area contributed by atoms with Crippen molar-refractivity contribution >= 4 is 39.1 Å². The second kappa shape index (κ2) is 16.2. The monoisotopic (exact) mass is 613 g/mol. The first-order valence-corrected chi connectivity index (χ1v) is 16.4. The van der Waals surface area contributed by atoms with Crippen LogP contribution in [0.4, 0.5) is 5.69 Å². The number of amides is 2. The Labute approximate surface area is 254 Å². The molecule has 0 heterocycles. The van der Waals surface area contributed by atoms with Gasteiger partial charge in [-0.05, 0) is 55.2 Å². The van der Waals surface area contributed by atoms with Gasteiger partial charge in [-0.1, -0.05) is 73.1 Å². The maximum Gasteiger partial charge on any atom is 0.243 e. The lowest BCUT2D eigenvalue weighted by molar-refractivity contribution is -0.141. The van der Waals surface area contributed by atoms with Crippen molar-refractivity contribution in [3.05, 3.63) is 95.0 Å². The maximum absolute atomic E-state index is 13.9. The molecule has 8 nitrogen and oxygen atoms in total. The van der Waals surface area contributed by atoms with Gasteiger partial charge in [-0.25, -0.2) is 8.42 Å². The highest BCUT2D eigenvalue weighted by atomic mass is 35.5. The predicted octanol–water partition coefficient (Wildman–Crippen LogP) is 5.45. The van der Waals surface area contributed by atoms with Crippen LogP contribution in [0.1, 0.15) is 44.2 Å². The number of anilines is 1. The zero-order valence-electron chi connectivity index (χ0n) is 24.5. The van der Waals surface area contributed by atoms with Gasteiger partial charge in [-0.2, -0.15) is 0 Å². The summed E-state index contributed by atoms with van der Waals surface area (Å²) < 4.78 is 32.5. The molecule has 0 spiro atoms. The lowest BCUT2D eigenvalue weighted by atomic mass is 10.0. The Morgan fingerprint density at radius 1 is 0.929 bits per heavy atom. The molecule has 0 aliphatic rings. The minimum atomic E-state index is -3.66. The summed E-state index contributed by atoms with van der Waals surface area (Å²) in [5, 5.41) is 3.54. The molecule has 0 aromatic heterocycles. The van der Waals surface area contributed by atoms with Crippen LogP contribution in [-0.2, 0) is 32.6 Å². The molecule has 0 bridgehead atoms. The molecule has 0 fully saturated rings. The van der Waals surface area contributed by atoms with E-state index in [0.717, 1.165) is 23.8 Å². The minimum absolute atomic E-state index is 0.0444. The quantitative estimate of drug-likeness (QED) is 0.232. The third-order valence-corrected chi connectivity index (χ3v) is 8.10. The number of ether oxygens (including phenoxy) is 1. The molecule has 226 valence electrons. The molecule has 1 N–H and O–H groups in total. The molecule has 0 saturated heterocycles. The average Bonchev–Trinajstić information content (AvgIpc) is 2.97. The molecule has 0 radical (unpaired) electrons. The maximum atomic E-state index is 13.9. The smallest absolute Gasteiger partial charge is 0.243 e. The summed E-state index contributed by atoms with van der Waals surface area (Å²) >= 11 is 6.10. The van der Waals surface area contributed by atoms with Crippen molar-refractivity contribution in [3.63, 3.8) is 0 Å². The van der Waals surface area contributed by atoms with Crippen LogP contribution in [0, 0.1) is 0 Å². The highest BCUT2D eigenvalue weighted by Gasteiger charge is 2.30. The summed E-state index contributed by atoms with van der Waals surface area (Å²) in [6, 6.07) is 22.9. The first-order chi connectivity index (χ1) is 20.1. The standard InChI is InChI=1S/C32H40ClN3O5S/c1-4-21-34-32(38)29(23-25-12-7-6-8-13-25)35(24-26-17-19-27(33)20-18-26)31(37)16-11-22-36(42(3,39)40)28-14-9-10-15-30(28)41-5-2/h6-10,12-15,17-20,29H,4-5,11,16,21-24H2,1-3H3,(H,34,38). The van der Waals surface area contributed by atoms with E-state index in [-0.39, 0.29) is 37.7 Å². The number of carbonyl (C=O) groups excluding carboxylic acids is 2. The van der Waals surface area contributed by atoms with E-state index in [9.17, 15) is 18.0 Å². The third-order valence-electron chi connectivity index (χ3n) is 6.67. The van der Waals surface area contributed by atoms with Crippen molar-refractivity contribution in [2.75, 3.05) is 30.3 Å². The van der Waals surface area contributed by atoms with Crippen LogP contribution in [0.2, 0.25) is 5.02 Å². The van der Waals surface area contributed by atoms with Gasteiger partial charge in [0.2, 0.25) is 21.8 Å². The number of para-hydroxylation sites is 2. The fourth-order valence-electron chi connectivity index (χ4n) is 4.63. The second-order valence-electron chi connectivity index (χ2n) is 9.98. The fourth-order valence-corrected chi connectivity index (χ4v) is 5.72. The Balaban J connectivity index is 1.88. The molecule has 1 atom stereocenters. The predicted molar refractivity (Wildman–Crippen MR) is 168 cm³/mol. The van der Waals surface area contributed by atoms with Gasteiger partial charge < -0.3 is 15.0 Å². The summed E-state index contributed by atoms with van der Waals surface area (Å²) in [6.07, 6.45) is 2.53. The summed E-state index contributed by atoms with van der Waals surface area (Å²) in [5.74, 6) is -0.0212. The Bertz CT molecular complexity index is 1400. The van der Waals surface area contributed by atoms with Crippen molar-refractivity contribution in [1.29, 1.82) is 0 Å². The number of benzene rings is 3. The van der Waals surface area contributed by atoms with Crippen molar-refractivity contribution < 1.29 is 22.7 Å². The minimum Gasteiger partial charge on any atom is -0.492 e. The van der Waals surface area contributed by atoms with E-state index in [4.69, 9.17) is 16.3 Å². The van der Waals surface area contributed by atoms with Gasteiger partial charge in [-0.3, -0.25) is 13.9 Å². The van der Waals surface area contributed by atoms with E-state index in [1.54, 1.807) is 41.3 Å². The zero-order valence-corrected chi connectivity index (χ0v) is 26.0. The zero-order chi connectivity index (χ0) is 30.5. The summed E-state index contributed by atoms with van der Waals surface area (Å²) in [6.45, 7) is 4.97. The van der Waals surface area contributed by atoms with Crippen molar-refractivity contribution in [2.45, 2.75) is 52.1 Å². The number of carbonyl (C=O) groups is 2. The van der Waals surface area contributed by atoms with Gasteiger partial charge in [0.25, 0.3) is 0 Å². The van der Waals surface area contributed by atoms with Gasteiger partial charge >= 0.3 is 0 Å². The van der Waals surface area contributed by atoms with Crippen molar-refractivity contribution in [3.8, 4) is 5.75 Å². The van der Waals surface area contributed by atoms with Crippen LogP contribution < -0.4 is 14.4 Å². The molecule has 3 rings (SSSR count). The Morgan fingerprint density at radius 2 is 1.60 bits per heavy atom. The number of halogens is 1. The number of rotatable bonds is 16. The van der Waals surface area contributed by atoms with E-state index in [1.165, 1.54) is 4.31 Å². The van der Waals surface area contributed by atoms with Crippen LogP contribution in [0.25, 0.3) is 0 Å². The van der Waals surface area contributed by atoms with E-state index in [0.29, 0.717) is 36.0 Å². The van der Waals surface area contributed by atoms with Gasteiger partial charge in [0.15, 0.2) is 0 Å².